The number of H-pyrrole nitrogens is 1. The Bertz CT molecular complexity index is 1180. The zero-order valence-electron chi connectivity index (χ0n) is 16.4. The Morgan fingerprint density at radius 1 is 1.20 bits per heavy atom. The van der Waals surface area contributed by atoms with Crippen LogP contribution in [0, 0.1) is 5.41 Å². The summed E-state index contributed by atoms with van der Waals surface area (Å²) in [5.74, 6) is 0.709. The zero-order valence-corrected chi connectivity index (χ0v) is 16.4. The van der Waals surface area contributed by atoms with Crippen LogP contribution >= 0.6 is 0 Å². The molecule has 0 fully saturated rings. The van der Waals surface area contributed by atoms with Gasteiger partial charge >= 0.3 is 6.03 Å². The number of hydrogen-bond donors (Lipinski definition) is 3. The van der Waals surface area contributed by atoms with E-state index in [1.165, 1.54) is 4.90 Å². The van der Waals surface area contributed by atoms with E-state index in [0.717, 1.165) is 34.1 Å². The van der Waals surface area contributed by atoms with E-state index >= 15 is 0 Å². The van der Waals surface area contributed by atoms with E-state index in [1.807, 2.05) is 66.9 Å². The molecule has 3 N–H and O–H groups in total. The predicted molar refractivity (Wildman–Crippen MR) is 118 cm³/mol. The van der Waals surface area contributed by atoms with E-state index in [9.17, 15) is 4.79 Å². The number of pyridine rings is 1. The van der Waals surface area contributed by atoms with Crippen molar-refractivity contribution in [1.82, 2.24) is 14.9 Å². The summed E-state index contributed by atoms with van der Waals surface area (Å²) < 4.78 is 5.21. The van der Waals surface area contributed by atoms with E-state index in [2.05, 4.69) is 15.3 Å². The van der Waals surface area contributed by atoms with E-state index < -0.39 is 0 Å². The summed E-state index contributed by atoms with van der Waals surface area (Å²) in [5, 5.41) is 11.5. The number of carbonyl (C=O) groups excluding carboxylic acids is 1. The number of aromatic nitrogens is 2. The van der Waals surface area contributed by atoms with Gasteiger partial charge in [0.15, 0.2) is 0 Å². The summed E-state index contributed by atoms with van der Waals surface area (Å²) in [6.45, 7) is 0.271. The number of benzene rings is 2. The lowest BCUT2D eigenvalue weighted by Crippen LogP contribution is -2.33. The van der Waals surface area contributed by atoms with Crippen molar-refractivity contribution < 1.29 is 9.53 Å². The second kappa shape index (κ2) is 8.48. The SMILES string of the molecule is COc1cccc(CN(C=N)C(=O)Nc2ccc(-c3ccnc4[nH]ccc34)cc2)c1. The summed E-state index contributed by atoms with van der Waals surface area (Å²) in [5.41, 5.74) is 4.46. The van der Waals surface area contributed by atoms with Gasteiger partial charge in [0.1, 0.15) is 11.4 Å². The molecule has 4 aromatic rings. The first kappa shape index (κ1) is 19.2. The normalized spacial score (nSPS) is 10.6. The number of ether oxygens (including phenoxy) is 1. The van der Waals surface area contributed by atoms with Gasteiger partial charge in [-0.2, -0.15) is 0 Å². The molecule has 0 saturated heterocycles. The van der Waals surface area contributed by atoms with Crippen LogP contribution in [-0.4, -0.2) is 34.3 Å². The van der Waals surface area contributed by atoms with Crippen LogP contribution in [0.15, 0.2) is 73.1 Å². The fourth-order valence-electron chi connectivity index (χ4n) is 3.28. The van der Waals surface area contributed by atoms with Gasteiger partial charge < -0.3 is 15.0 Å². The molecule has 0 aliphatic carbocycles. The van der Waals surface area contributed by atoms with Crippen LogP contribution in [0.25, 0.3) is 22.2 Å². The minimum atomic E-state index is -0.377. The summed E-state index contributed by atoms with van der Waals surface area (Å²) in [6, 6.07) is 18.6. The van der Waals surface area contributed by atoms with Gasteiger partial charge in [0.25, 0.3) is 0 Å². The van der Waals surface area contributed by atoms with Crippen molar-refractivity contribution in [2.75, 3.05) is 12.4 Å². The van der Waals surface area contributed by atoms with Crippen molar-refractivity contribution in [2.45, 2.75) is 6.54 Å². The second-order valence-corrected chi connectivity index (χ2v) is 6.71. The number of rotatable bonds is 6. The molecule has 150 valence electrons. The monoisotopic (exact) mass is 399 g/mol. The number of methoxy groups -OCH3 is 1. The number of nitrogens with zero attached hydrogens (tertiary/aromatic N) is 2. The molecular weight excluding hydrogens is 378 g/mol. The number of fused-ring (bicyclic) bond motifs is 1. The Kier molecular flexibility index (Phi) is 5.43. The van der Waals surface area contributed by atoms with Gasteiger partial charge in [0.05, 0.1) is 20.0 Å². The Hall–Kier alpha value is -4.13. The van der Waals surface area contributed by atoms with Crippen LogP contribution in [0.1, 0.15) is 5.56 Å². The molecule has 4 rings (SSSR count). The number of carbonyl (C=O) groups is 1. The maximum absolute atomic E-state index is 12.6. The molecule has 0 bridgehead atoms. The topological polar surface area (TPSA) is 94.1 Å². The molecule has 0 saturated carbocycles. The van der Waals surface area contributed by atoms with Gasteiger partial charge in [-0.05, 0) is 53.1 Å². The molecule has 0 radical (unpaired) electrons. The van der Waals surface area contributed by atoms with E-state index in [-0.39, 0.29) is 12.6 Å². The van der Waals surface area contributed by atoms with Crippen molar-refractivity contribution in [3.05, 3.63) is 78.6 Å². The third-order valence-corrected chi connectivity index (χ3v) is 4.81. The molecule has 0 atom stereocenters. The molecule has 2 aromatic heterocycles. The van der Waals surface area contributed by atoms with Crippen molar-refractivity contribution in [2.24, 2.45) is 0 Å². The zero-order chi connectivity index (χ0) is 20.9. The number of urea groups is 1. The van der Waals surface area contributed by atoms with Crippen LogP contribution in [0.4, 0.5) is 10.5 Å². The minimum Gasteiger partial charge on any atom is -0.497 e. The molecule has 2 heterocycles. The average Bonchev–Trinajstić information content (AvgIpc) is 3.27. The Morgan fingerprint density at radius 3 is 2.80 bits per heavy atom. The smallest absolute Gasteiger partial charge is 0.327 e. The molecule has 30 heavy (non-hydrogen) atoms. The number of aromatic amines is 1. The quantitative estimate of drug-likeness (QED) is 0.319. The van der Waals surface area contributed by atoms with Crippen molar-refractivity contribution in [3.63, 3.8) is 0 Å². The highest BCUT2D eigenvalue weighted by atomic mass is 16.5. The highest BCUT2D eigenvalue weighted by Crippen LogP contribution is 2.28. The summed E-state index contributed by atoms with van der Waals surface area (Å²) in [4.78, 5) is 21.3. The predicted octanol–water partition coefficient (Wildman–Crippen LogP) is 4.88. The summed E-state index contributed by atoms with van der Waals surface area (Å²) in [6.07, 6.45) is 4.65. The molecular formula is C23H21N5O2. The minimum absolute atomic E-state index is 0.271. The van der Waals surface area contributed by atoms with E-state index in [1.54, 1.807) is 13.3 Å². The second-order valence-electron chi connectivity index (χ2n) is 6.71. The Labute approximate surface area is 173 Å². The number of hydrogen-bond acceptors (Lipinski definition) is 4. The van der Waals surface area contributed by atoms with Crippen molar-refractivity contribution in [3.8, 4) is 16.9 Å². The van der Waals surface area contributed by atoms with Crippen molar-refractivity contribution >= 4 is 29.1 Å². The lowest BCUT2D eigenvalue weighted by atomic mass is 10.0. The maximum atomic E-state index is 12.6. The molecule has 0 spiro atoms. The Morgan fingerprint density at radius 2 is 2.03 bits per heavy atom. The van der Waals surface area contributed by atoms with Gasteiger partial charge in [-0.25, -0.2) is 9.78 Å². The van der Waals surface area contributed by atoms with Crippen LogP contribution in [-0.2, 0) is 6.54 Å². The van der Waals surface area contributed by atoms with Crippen LogP contribution < -0.4 is 10.1 Å². The first-order chi connectivity index (χ1) is 14.7. The van der Waals surface area contributed by atoms with Gasteiger partial charge in [-0.1, -0.05) is 24.3 Å². The van der Waals surface area contributed by atoms with Crippen LogP contribution in [0.2, 0.25) is 0 Å². The first-order valence-electron chi connectivity index (χ1n) is 9.41. The largest absolute Gasteiger partial charge is 0.497 e. The molecule has 2 aromatic carbocycles. The molecule has 0 unspecified atom stereocenters. The van der Waals surface area contributed by atoms with E-state index in [4.69, 9.17) is 10.1 Å². The number of nitrogens with one attached hydrogen (secondary N) is 3. The van der Waals surface area contributed by atoms with Gasteiger partial charge in [0, 0.05) is 23.5 Å². The fourth-order valence-corrected chi connectivity index (χ4v) is 3.28. The van der Waals surface area contributed by atoms with Gasteiger partial charge in [-0.3, -0.25) is 10.3 Å². The van der Waals surface area contributed by atoms with Crippen LogP contribution in [0.3, 0.4) is 0 Å². The molecule has 7 heteroatoms. The number of anilines is 1. The van der Waals surface area contributed by atoms with Crippen molar-refractivity contribution in [1.29, 1.82) is 5.41 Å². The lowest BCUT2D eigenvalue weighted by molar-refractivity contribution is 0.233. The fraction of sp³-hybridized carbons (Fsp3) is 0.0870. The number of amides is 2. The standard InChI is InChI=1S/C23H21N5O2/c1-30-19-4-2-3-16(13-19)14-28(15-24)23(29)27-18-7-5-17(6-8-18)20-9-11-25-22-21(20)10-12-26-22/h2-13,15,24H,14H2,1H3,(H,25,26)(H,27,29). The summed E-state index contributed by atoms with van der Waals surface area (Å²) >= 11 is 0. The van der Waals surface area contributed by atoms with E-state index in [0.29, 0.717) is 11.4 Å². The molecule has 2 amide bonds. The Balaban J connectivity index is 1.47. The maximum Gasteiger partial charge on any atom is 0.327 e. The first-order valence-corrected chi connectivity index (χ1v) is 9.41. The van der Waals surface area contributed by atoms with Gasteiger partial charge in [-0.15, -0.1) is 0 Å². The van der Waals surface area contributed by atoms with Crippen LogP contribution in [0.5, 0.6) is 5.75 Å². The highest BCUT2D eigenvalue weighted by molar-refractivity contribution is 5.97. The third kappa shape index (κ3) is 4.00. The molecule has 0 aliphatic heterocycles. The molecule has 0 aliphatic rings. The lowest BCUT2D eigenvalue weighted by Gasteiger charge is -2.18. The van der Waals surface area contributed by atoms with Gasteiger partial charge in [0.2, 0.25) is 0 Å². The average molecular weight is 399 g/mol. The summed E-state index contributed by atoms with van der Waals surface area (Å²) in [7, 11) is 1.59. The molecule has 7 nitrogen and oxygen atoms in total. The third-order valence-electron chi connectivity index (χ3n) is 4.81. The highest BCUT2D eigenvalue weighted by Gasteiger charge is 2.13.